The summed E-state index contributed by atoms with van der Waals surface area (Å²) < 4.78 is 18.7. The van der Waals surface area contributed by atoms with E-state index >= 15 is 0 Å². The van der Waals surface area contributed by atoms with Gasteiger partial charge in [-0.15, -0.1) is 0 Å². The lowest BCUT2D eigenvalue weighted by Gasteiger charge is -1.99. The van der Waals surface area contributed by atoms with Gasteiger partial charge >= 0.3 is 0 Å². The third-order valence-electron chi connectivity index (χ3n) is 2.76. The molecular formula is C14H9FN2O3. The Labute approximate surface area is 112 Å². The van der Waals surface area contributed by atoms with E-state index in [0.717, 1.165) is 0 Å². The van der Waals surface area contributed by atoms with E-state index in [-0.39, 0.29) is 28.8 Å². The van der Waals surface area contributed by atoms with E-state index in [0.29, 0.717) is 5.56 Å². The molecule has 20 heavy (non-hydrogen) atoms. The van der Waals surface area contributed by atoms with Crippen LogP contribution < -0.4 is 0 Å². The third kappa shape index (κ3) is 2.07. The summed E-state index contributed by atoms with van der Waals surface area (Å²) in [5.41, 5.74) is 0.471. The Balaban J connectivity index is 2.04. The molecule has 0 saturated heterocycles. The van der Waals surface area contributed by atoms with Gasteiger partial charge in [0, 0.05) is 5.56 Å². The smallest absolute Gasteiger partial charge is 0.265 e. The number of benzene rings is 2. The fourth-order valence-corrected chi connectivity index (χ4v) is 1.78. The third-order valence-corrected chi connectivity index (χ3v) is 2.76. The maximum absolute atomic E-state index is 13.7. The molecule has 100 valence electrons. The van der Waals surface area contributed by atoms with E-state index in [9.17, 15) is 14.6 Å². The number of phenolic OH excluding ortho intramolecular Hbond substituents is 2. The van der Waals surface area contributed by atoms with Crippen LogP contribution in [0.4, 0.5) is 4.39 Å². The number of aromatic nitrogens is 2. The first-order valence-electron chi connectivity index (χ1n) is 5.76. The van der Waals surface area contributed by atoms with Crippen LogP contribution in [0.3, 0.4) is 0 Å². The normalized spacial score (nSPS) is 10.7. The van der Waals surface area contributed by atoms with Crippen LogP contribution in [0, 0.1) is 5.82 Å². The lowest BCUT2D eigenvalue weighted by Crippen LogP contribution is -1.85. The molecule has 0 saturated carbocycles. The first-order chi connectivity index (χ1) is 9.65. The van der Waals surface area contributed by atoms with Crippen LogP contribution in [0.5, 0.6) is 11.5 Å². The van der Waals surface area contributed by atoms with Crippen molar-refractivity contribution in [3.63, 3.8) is 0 Å². The van der Waals surface area contributed by atoms with Gasteiger partial charge in [-0.1, -0.05) is 11.2 Å². The molecule has 0 unspecified atom stereocenters. The van der Waals surface area contributed by atoms with Crippen LogP contribution in [0.25, 0.3) is 22.8 Å². The Kier molecular flexibility index (Phi) is 2.83. The summed E-state index contributed by atoms with van der Waals surface area (Å²) in [5.74, 6) is -0.674. The molecule has 0 aliphatic carbocycles. The van der Waals surface area contributed by atoms with E-state index in [4.69, 9.17) is 4.52 Å². The van der Waals surface area contributed by atoms with Crippen molar-refractivity contribution in [1.29, 1.82) is 0 Å². The van der Waals surface area contributed by atoms with Gasteiger partial charge in [-0.2, -0.15) is 4.98 Å². The second-order valence-electron chi connectivity index (χ2n) is 4.10. The van der Waals surface area contributed by atoms with E-state index < -0.39 is 5.82 Å². The van der Waals surface area contributed by atoms with Crippen molar-refractivity contribution in [2.24, 2.45) is 0 Å². The molecule has 0 aliphatic rings. The van der Waals surface area contributed by atoms with E-state index in [1.807, 2.05) is 0 Å². The largest absolute Gasteiger partial charge is 0.508 e. The minimum atomic E-state index is -0.647. The molecule has 5 nitrogen and oxygen atoms in total. The first-order valence-corrected chi connectivity index (χ1v) is 5.76. The van der Waals surface area contributed by atoms with Crippen molar-refractivity contribution in [2.45, 2.75) is 0 Å². The van der Waals surface area contributed by atoms with Gasteiger partial charge in [-0.3, -0.25) is 0 Å². The van der Waals surface area contributed by atoms with Gasteiger partial charge < -0.3 is 14.7 Å². The molecule has 6 heteroatoms. The minimum absolute atomic E-state index is 0.108. The van der Waals surface area contributed by atoms with Gasteiger partial charge in [0.1, 0.15) is 22.9 Å². The molecule has 0 fully saturated rings. The summed E-state index contributed by atoms with van der Waals surface area (Å²) in [4.78, 5) is 4.04. The van der Waals surface area contributed by atoms with Gasteiger partial charge in [0.2, 0.25) is 5.82 Å². The number of nitrogens with zero attached hydrogens (tertiary/aromatic N) is 2. The maximum atomic E-state index is 13.7. The van der Waals surface area contributed by atoms with E-state index in [1.54, 1.807) is 12.1 Å². The fourth-order valence-electron chi connectivity index (χ4n) is 1.78. The molecular weight excluding hydrogens is 263 g/mol. The average molecular weight is 272 g/mol. The molecule has 3 rings (SSSR count). The summed E-state index contributed by atoms with van der Waals surface area (Å²) in [6.07, 6.45) is 0. The van der Waals surface area contributed by atoms with E-state index in [1.165, 1.54) is 30.3 Å². The number of rotatable bonds is 2. The molecule has 0 radical (unpaired) electrons. The van der Waals surface area contributed by atoms with Gasteiger partial charge in [0.15, 0.2) is 0 Å². The highest BCUT2D eigenvalue weighted by Gasteiger charge is 2.18. The van der Waals surface area contributed by atoms with Gasteiger partial charge in [0.25, 0.3) is 5.89 Å². The average Bonchev–Trinajstić information content (AvgIpc) is 2.89. The molecule has 0 aliphatic heterocycles. The summed E-state index contributed by atoms with van der Waals surface area (Å²) in [6.45, 7) is 0. The van der Waals surface area contributed by atoms with Crippen molar-refractivity contribution in [1.82, 2.24) is 10.1 Å². The molecule has 0 bridgehead atoms. The monoisotopic (exact) mass is 272 g/mol. The molecule has 0 atom stereocenters. The molecule has 3 aromatic rings. The molecule has 2 aromatic carbocycles. The molecule has 1 heterocycles. The van der Waals surface area contributed by atoms with Crippen LogP contribution in [-0.4, -0.2) is 20.4 Å². The Morgan fingerprint density at radius 1 is 1.00 bits per heavy atom. The zero-order valence-corrected chi connectivity index (χ0v) is 10.1. The van der Waals surface area contributed by atoms with Crippen molar-refractivity contribution >= 4 is 0 Å². The number of hydrogen-bond donors (Lipinski definition) is 2. The van der Waals surface area contributed by atoms with Gasteiger partial charge in [-0.25, -0.2) is 4.39 Å². The predicted octanol–water partition coefficient (Wildman–Crippen LogP) is 2.95. The fraction of sp³-hybridized carbons (Fsp3) is 0. The zero-order chi connectivity index (χ0) is 14.1. The molecule has 2 N–H and O–H groups in total. The van der Waals surface area contributed by atoms with Crippen LogP contribution in [0.1, 0.15) is 0 Å². The highest BCUT2D eigenvalue weighted by molar-refractivity contribution is 5.65. The molecule has 1 aromatic heterocycles. The van der Waals surface area contributed by atoms with Crippen LogP contribution in [0.2, 0.25) is 0 Å². The SMILES string of the molecule is Oc1ccc(-c2noc(-c3c(O)cccc3F)n2)cc1. The van der Waals surface area contributed by atoms with E-state index in [2.05, 4.69) is 10.1 Å². The summed E-state index contributed by atoms with van der Waals surface area (Å²) in [5, 5.41) is 22.6. The highest BCUT2D eigenvalue weighted by Crippen LogP contribution is 2.31. The Bertz CT molecular complexity index is 733. The number of halogens is 1. The quantitative estimate of drug-likeness (QED) is 0.749. The second kappa shape index (κ2) is 4.65. The lowest BCUT2D eigenvalue weighted by molar-refractivity contribution is 0.421. The summed E-state index contributed by atoms with van der Waals surface area (Å²) in [7, 11) is 0. The zero-order valence-electron chi connectivity index (χ0n) is 10.1. The number of phenols is 2. The van der Waals surface area contributed by atoms with Crippen molar-refractivity contribution in [3.8, 4) is 34.3 Å². The lowest BCUT2D eigenvalue weighted by atomic mass is 10.2. The van der Waals surface area contributed by atoms with Crippen LogP contribution in [0.15, 0.2) is 47.0 Å². The van der Waals surface area contributed by atoms with Crippen molar-refractivity contribution < 1.29 is 19.1 Å². The highest BCUT2D eigenvalue weighted by atomic mass is 19.1. The van der Waals surface area contributed by atoms with Crippen molar-refractivity contribution in [2.75, 3.05) is 0 Å². The summed E-state index contributed by atoms with van der Waals surface area (Å²) >= 11 is 0. The number of aromatic hydroxyl groups is 2. The topological polar surface area (TPSA) is 79.4 Å². The Hall–Kier alpha value is -2.89. The summed E-state index contributed by atoms with van der Waals surface area (Å²) in [6, 6.07) is 10.1. The van der Waals surface area contributed by atoms with Crippen molar-refractivity contribution in [3.05, 3.63) is 48.3 Å². The minimum Gasteiger partial charge on any atom is -0.508 e. The Morgan fingerprint density at radius 3 is 2.45 bits per heavy atom. The van der Waals surface area contributed by atoms with Crippen LogP contribution >= 0.6 is 0 Å². The second-order valence-corrected chi connectivity index (χ2v) is 4.10. The van der Waals surface area contributed by atoms with Gasteiger partial charge in [0.05, 0.1) is 0 Å². The predicted molar refractivity (Wildman–Crippen MR) is 68.5 cm³/mol. The molecule has 0 amide bonds. The van der Waals surface area contributed by atoms with Gasteiger partial charge in [-0.05, 0) is 36.4 Å². The van der Waals surface area contributed by atoms with Crippen LogP contribution in [-0.2, 0) is 0 Å². The maximum Gasteiger partial charge on any atom is 0.265 e. The standard InChI is InChI=1S/C14H9FN2O3/c15-10-2-1-3-11(19)12(10)14-16-13(17-20-14)8-4-6-9(18)7-5-8/h1-7,18-19H. The number of hydrogen-bond acceptors (Lipinski definition) is 5. The first kappa shape index (κ1) is 12.2. The molecule has 0 spiro atoms. The Morgan fingerprint density at radius 2 is 1.75 bits per heavy atom.